The van der Waals surface area contributed by atoms with Crippen molar-refractivity contribution < 1.29 is 4.79 Å². The summed E-state index contributed by atoms with van der Waals surface area (Å²) in [5, 5.41) is 21.7. The van der Waals surface area contributed by atoms with Crippen LogP contribution in [0.5, 0.6) is 0 Å². The van der Waals surface area contributed by atoms with Gasteiger partial charge in [-0.05, 0) is 29.5 Å². The molecule has 0 bridgehead atoms. The number of aryl methyl sites for hydroxylation is 1. The van der Waals surface area contributed by atoms with Gasteiger partial charge in [0, 0.05) is 21.1 Å². The van der Waals surface area contributed by atoms with Gasteiger partial charge in [0.2, 0.25) is 0 Å². The van der Waals surface area contributed by atoms with Crippen molar-refractivity contribution in [1.82, 2.24) is 35.7 Å². The quantitative estimate of drug-likeness (QED) is 0.807. The molecule has 0 saturated heterocycles. The summed E-state index contributed by atoms with van der Waals surface area (Å²) in [6.07, 6.45) is 0. The van der Waals surface area contributed by atoms with E-state index in [0.717, 1.165) is 0 Å². The van der Waals surface area contributed by atoms with Crippen molar-refractivity contribution >= 4 is 11.7 Å². The average molecular weight is 276 g/mol. The second-order valence-electron chi connectivity index (χ2n) is 4.53. The number of amides is 1. The van der Waals surface area contributed by atoms with Crippen LogP contribution in [0, 0.1) is 0 Å². The van der Waals surface area contributed by atoms with E-state index in [1.165, 1.54) is 4.68 Å². The topological polar surface area (TPSA) is 102 Å². The molecule has 1 amide bonds. The van der Waals surface area contributed by atoms with E-state index in [4.69, 9.17) is 0 Å². The Hall–Kier alpha value is -2.58. The molecule has 0 aliphatic rings. The van der Waals surface area contributed by atoms with Crippen LogP contribution in [0.15, 0.2) is 12.1 Å². The van der Waals surface area contributed by atoms with Crippen LogP contribution < -0.4 is 10.2 Å². The fraction of sp³-hybridized carbons (Fsp3) is 0.455. The third-order valence-corrected chi connectivity index (χ3v) is 2.73. The monoisotopic (exact) mass is 276 g/mol. The zero-order chi connectivity index (χ0) is 14.7. The SMILES string of the molecule is C[C@H](NC(=O)c1ccc(N(C)C)nn1)c1nnnn1C. The van der Waals surface area contributed by atoms with Crippen LogP contribution in [0.25, 0.3) is 0 Å². The number of carbonyl (C=O) groups excluding carboxylic acids is 1. The Labute approximate surface area is 116 Å². The molecule has 0 aliphatic heterocycles. The summed E-state index contributed by atoms with van der Waals surface area (Å²) in [6.45, 7) is 1.80. The maximum absolute atomic E-state index is 12.0. The van der Waals surface area contributed by atoms with Crippen LogP contribution in [-0.2, 0) is 7.05 Å². The minimum atomic E-state index is -0.321. The first-order chi connectivity index (χ1) is 9.49. The lowest BCUT2D eigenvalue weighted by Gasteiger charge is -2.12. The lowest BCUT2D eigenvalue weighted by Crippen LogP contribution is -2.29. The maximum Gasteiger partial charge on any atom is 0.272 e. The maximum atomic E-state index is 12.0. The smallest absolute Gasteiger partial charge is 0.272 e. The summed E-state index contributed by atoms with van der Waals surface area (Å²) in [5.41, 5.74) is 0.248. The van der Waals surface area contributed by atoms with E-state index < -0.39 is 0 Å². The Morgan fingerprint density at radius 1 is 1.30 bits per heavy atom. The van der Waals surface area contributed by atoms with Crippen LogP contribution >= 0.6 is 0 Å². The Morgan fingerprint density at radius 3 is 2.55 bits per heavy atom. The van der Waals surface area contributed by atoms with E-state index in [1.54, 1.807) is 26.1 Å². The highest BCUT2D eigenvalue weighted by Gasteiger charge is 2.17. The van der Waals surface area contributed by atoms with E-state index in [-0.39, 0.29) is 17.6 Å². The molecule has 9 heteroatoms. The second-order valence-corrected chi connectivity index (χ2v) is 4.53. The molecule has 1 atom stereocenters. The molecule has 0 aliphatic carbocycles. The van der Waals surface area contributed by atoms with Gasteiger partial charge < -0.3 is 10.2 Å². The Balaban J connectivity index is 2.06. The van der Waals surface area contributed by atoms with E-state index in [1.807, 2.05) is 19.0 Å². The predicted molar refractivity (Wildman–Crippen MR) is 71.0 cm³/mol. The molecule has 2 rings (SSSR count). The first-order valence-electron chi connectivity index (χ1n) is 6.03. The highest BCUT2D eigenvalue weighted by atomic mass is 16.2. The third-order valence-electron chi connectivity index (χ3n) is 2.73. The minimum Gasteiger partial charge on any atom is -0.361 e. The summed E-state index contributed by atoms with van der Waals surface area (Å²) < 4.78 is 1.51. The first kappa shape index (κ1) is 13.8. The zero-order valence-corrected chi connectivity index (χ0v) is 11.8. The van der Waals surface area contributed by atoms with Crippen molar-refractivity contribution in [3.05, 3.63) is 23.7 Å². The number of hydrogen-bond donors (Lipinski definition) is 1. The van der Waals surface area contributed by atoms with Crippen molar-refractivity contribution in [2.45, 2.75) is 13.0 Å². The van der Waals surface area contributed by atoms with Gasteiger partial charge in [0.15, 0.2) is 17.3 Å². The Morgan fingerprint density at radius 2 is 2.05 bits per heavy atom. The normalized spacial score (nSPS) is 12.0. The van der Waals surface area contributed by atoms with E-state index >= 15 is 0 Å². The van der Waals surface area contributed by atoms with E-state index in [0.29, 0.717) is 11.6 Å². The summed E-state index contributed by atoms with van der Waals surface area (Å²) in [7, 11) is 5.42. The van der Waals surface area contributed by atoms with Crippen LogP contribution in [0.4, 0.5) is 5.82 Å². The number of nitrogens with zero attached hydrogens (tertiary/aromatic N) is 7. The van der Waals surface area contributed by atoms with Gasteiger partial charge in [0.25, 0.3) is 5.91 Å². The van der Waals surface area contributed by atoms with Gasteiger partial charge in [0.05, 0.1) is 6.04 Å². The third kappa shape index (κ3) is 2.87. The number of aromatic nitrogens is 6. The highest BCUT2D eigenvalue weighted by Crippen LogP contribution is 2.09. The van der Waals surface area contributed by atoms with Gasteiger partial charge in [-0.3, -0.25) is 4.79 Å². The molecule has 2 aromatic heterocycles. The lowest BCUT2D eigenvalue weighted by molar-refractivity contribution is 0.0931. The summed E-state index contributed by atoms with van der Waals surface area (Å²) >= 11 is 0. The summed E-state index contributed by atoms with van der Waals surface area (Å²) in [4.78, 5) is 13.8. The van der Waals surface area contributed by atoms with Crippen molar-refractivity contribution in [1.29, 1.82) is 0 Å². The summed E-state index contributed by atoms with van der Waals surface area (Å²) in [5.74, 6) is 0.932. The second kappa shape index (κ2) is 5.59. The standard InChI is InChI=1S/C11H16N8O/c1-7(10-15-16-17-19(10)4)12-11(20)8-5-6-9(14-13-8)18(2)3/h5-7H,1-4H3,(H,12,20)/t7-/m0/s1. The lowest BCUT2D eigenvalue weighted by atomic mass is 10.3. The molecular formula is C11H16N8O. The number of tetrazole rings is 1. The van der Waals surface area contributed by atoms with Crippen LogP contribution in [0.2, 0.25) is 0 Å². The van der Waals surface area contributed by atoms with Crippen LogP contribution in [-0.4, -0.2) is 50.4 Å². The van der Waals surface area contributed by atoms with Crippen molar-refractivity contribution in [2.75, 3.05) is 19.0 Å². The molecule has 2 heterocycles. The van der Waals surface area contributed by atoms with Gasteiger partial charge in [-0.2, -0.15) is 0 Å². The van der Waals surface area contributed by atoms with Crippen molar-refractivity contribution in [3.8, 4) is 0 Å². The van der Waals surface area contributed by atoms with Crippen LogP contribution in [0.1, 0.15) is 29.3 Å². The zero-order valence-electron chi connectivity index (χ0n) is 11.8. The predicted octanol–water partition coefficient (Wildman–Crippen LogP) is -0.443. The number of hydrogen-bond acceptors (Lipinski definition) is 7. The Kier molecular flexibility index (Phi) is 3.87. The van der Waals surface area contributed by atoms with Gasteiger partial charge >= 0.3 is 0 Å². The molecule has 2 aromatic rings. The van der Waals surface area contributed by atoms with Gasteiger partial charge in [-0.25, -0.2) is 4.68 Å². The molecule has 0 spiro atoms. The van der Waals surface area contributed by atoms with Crippen LogP contribution in [0.3, 0.4) is 0 Å². The van der Waals surface area contributed by atoms with Crippen molar-refractivity contribution in [2.24, 2.45) is 7.05 Å². The van der Waals surface area contributed by atoms with Gasteiger partial charge in [-0.15, -0.1) is 15.3 Å². The molecule has 0 fully saturated rings. The Bertz CT molecular complexity index is 591. The first-order valence-corrected chi connectivity index (χ1v) is 6.03. The van der Waals surface area contributed by atoms with Crippen molar-refractivity contribution in [3.63, 3.8) is 0 Å². The molecule has 0 aromatic carbocycles. The van der Waals surface area contributed by atoms with Gasteiger partial charge in [0.1, 0.15) is 0 Å². The summed E-state index contributed by atoms with van der Waals surface area (Å²) in [6, 6.07) is 3.04. The number of nitrogens with one attached hydrogen (secondary N) is 1. The highest BCUT2D eigenvalue weighted by molar-refractivity contribution is 5.92. The molecule has 0 radical (unpaired) electrons. The number of rotatable bonds is 4. The molecule has 20 heavy (non-hydrogen) atoms. The molecule has 1 N–H and O–H groups in total. The minimum absolute atomic E-state index is 0.248. The molecule has 0 unspecified atom stereocenters. The largest absolute Gasteiger partial charge is 0.361 e. The van der Waals surface area contributed by atoms with E-state index in [9.17, 15) is 4.79 Å². The fourth-order valence-electron chi connectivity index (χ4n) is 1.62. The van der Waals surface area contributed by atoms with Gasteiger partial charge in [-0.1, -0.05) is 0 Å². The fourth-order valence-corrected chi connectivity index (χ4v) is 1.62. The molecule has 106 valence electrons. The number of anilines is 1. The van der Waals surface area contributed by atoms with E-state index in [2.05, 4.69) is 31.0 Å². The number of carbonyl (C=O) groups is 1. The molecular weight excluding hydrogens is 260 g/mol. The molecule has 0 saturated carbocycles. The molecule has 9 nitrogen and oxygen atoms in total. The average Bonchev–Trinajstić information content (AvgIpc) is 2.85.